The fraction of sp³-hybridized carbons (Fsp3) is 0.200. The molecule has 0 aliphatic carbocycles. The third-order valence-corrected chi connectivity index (χ3v) is 7.18. The summed E-state index contributed by atoms with van der Waals surface area (Å²) in [6, 6.07) is 9.98. The van der Waals surface area contributed by atoms with Crippen LogP contribution in [0.15, 0.2) is 47.4 Å². The number of nitrogens with zero attached hydrogens (tertiary/aromatic N) is 1. The lowest BCUT2D eigenvalue weighted by Gasteiger charge is -2.38. The highest BCUT2D eigenvalue weighted by Gasteiger charge is 2.47. The highest BCUT2D eigenvalue weighted by atomic mass is 32.2. The summed E-state index contributed by atoms with van der Waals surface area (Å²) in [4.78, 5) is 41.0. The number of thioether (sulfide) groups is 1. The molecule has 2 amide bonds. The van der Waals surface area contributed by atoms with Crippen molar-refractivity contribution in [1.29, 1.82) is 0 Å². The molecule has 1 saturated heterocycles. The first kappa shape index (κ1) is 22.4. The van der Waals surface area contributed by atoms with Crippen molar-refractivity contribution in [3.8, 4) is 11.5 Å². The van der Waals surface area contributed by atoms with Gasteiger partial charge in [0.15, 0.2) is 0 Å². The number of amides is 2. The van der Waals surface area contributed by atoms with Crippen molar-refractivity contribution in [3.05, 3.63) is 64.1 Å². The summed E-state index contributed by atoms with van der Waals surface area (Å²) < 4.78 is 11.1. The lowest BCUT2D eigenvalue weighted by atomic mass is 9.89. The number of methoxy groups -OCH3 is 1. The van der Waals surface area contributed by atoms with Crippen LogP contribution in [0.3, 0.4) is 0 Å². The lowest BCUT2D eigenvalue weighted by Crippen LogP contribution is -2.46. The summed E-state index contributed by atoms with van der Waals surface area (Å²) >= 11 is 6.21. The Morgan fingerprint density at radius 3 is 2.38 bits per heavy atom. The summed E-state index contributed by atoms with van der Waals surface area (Å²) in [5.74, 6) is -0.332. The van der Waals surface area contributed by atoms with Crippen LogP contribution in [0.5, 0.6) is 11.5 Å². The number of allylic oxidation sites excluding steroid dienone is 1. The molecule has 34 heavy (non-hydrogen) atoms. The van der Waals surface area contributed by atoms with Gasteiger partial charge in [-0.1, -0.05) is 30.1 Å². The molecule has 0 unspecified atom stereocenters. The van der Waals surface area contributed by atoms with Crippen molar-refractivity contribution in [2.24, 2.45) is 0 Å². The topological polar surface area (TPSA) is 84.9 Å². The van der Waals surface area contributed by atoms with Gasteiger partial charge >= 0.3 is 5.97 Å². The smallest absolute Gasteiger partial charge is 0.343 e. The summed E-state index contributed by atoms with van der Waals surface area (Å²) in [6.07, 6.45) is 1.99. The highest BCUT2D eigenvalue weighted by molar-refractivity contribution is 8.27. The van der Waals surface area contributed by atoms with E-state index in [1.165, 1.54) is 0 Å². The van der Waals surface area contributed by atoms with Crippen LogP contribution < -0.4 is 19.7 Å². The third kappa shape index (κ3) is 3.43. The van der Waals surface area contributed by atoms with Gasteiger partial charge in [-0.2, -0.15) is 0 Å². The predicted molar refractivity (Wildman–Crippen MR) is 135 cm³/mol. The van der Waals surface area contributed by atoms with Crippen molar-refractivity contribution >= 4 is 62.9 Å². The first-order valence-corrected chi connectivity index (χ1v) is 11.7. The molecule has 5 rings (SSSR count). The van der Waals surface area contributed by atoms with Gasteiger partial charge in [0.25, 0.3) is 11.8 Å². The number of hydrogen-bond donors (Lipinski definition) is 1. The number of ether oxygens (including phenoxy) is 2. The van der Waals surface area contributed by atoms with Gasteiger partial charge in [-0.05, 0) is 62.7 Å². The molecule has 1 fully saturated rings. The van der Waals surface area contributed by atoms with Gasteiger partial charge in [-0.25, -0.2) is 4.79 Å². The number of rotatable bonds is 3. The van der Waals surface area contributed by atoms with E-state index >= 15 is 0 Å². The average Bonchev–Trinajstić information content (AvgIpc) is 3.26. The zero-order valence-corrected chi connectivity index (χ0v) is 20.5. The molecule has 9 heteroatoms. The Hall–Kier alpha value is -3.43. The lowest BCUT2D eigenvalue weighted by molar-refractivity contribution is -0.116. The minimum atomic E-state index is -0.604. The van der Waals surface area contributed by atoms with Gasteiger partial charge in [0.1, 0.15) is 15.8 Å². The van der Waals surface area contributed by atoms with Gasteiger partial charge in [0.2, 0.25) is 0 Å². The van der Waals surface area contributed by atoms with Crippen molar-refractivity contribution in [1.82, 2.24) is 5.32 Å². The summed E-state index contributed by atoms with van der Waals surface area (Å²) in [7, 11) is 1.55. The molecular weight excluding hydrogens is 472 g/mol. The number of esters is 1. The molecule has 0 aromatic heterocycles. The number of thiocarbonyl (C=S) groups is 1. The number of carbonyl (C=O) groups excluding carboxylic acids is 3. The van der Waals surface area contributed by atoms with Crippen LogP contribution in [0, 0.1) is 0 Å². The minimum Gasteiger partial charge on any atom is -0.497 e. The maximum Gasteiger partial charge on any atom is 0.343 e. The van der Waals surface area contributed by atoms with E-state index < -0.39 is 17.4 Å². The number of hydrogen-bond acceptors (Lipinski definition) is 7. The van der Waals surface area contributed by atoms with Crippen LogP contribution in [0.25, 0.3) is 11.1 Å². The number of nitrogens with one attached hydrogen (secondary N) is 1. The molecule has 2 aromatic carbocycles. The number of carbonyl (C=O) groups is 3. The molecule has 0 radical (unpaired) electrons. The van der Waals surface area contributed by atoms with Crippen molar-refractivity contribution in [3.63, 3.8) is 0 Å². The maximum absolute atomic E-state index is 13.6. The zero-order valence-electron chi connectivity index (χ0n) is 18.8. The van der Waals surface area contributed by atoms with E-state index in [1.807, 2.05) is 26.8 Å². The predicted octanol–water partition coefficient (Wildman–Crippen LogP) is 4.32. The van der Waals surface area contributed by atoms with Crippen LogP contribution in [0.4, 0.5) is 5.69 Å². The molecule has 3 aliphatic rings. The van der Waals surface area contributed by atoms with Gasteiger partial charge in [-0.3, -0.25) is 14.5 Å². The monoisotopic (exact) mass is 492 g/mol. The van der Waals surface area contributed by atoms with E-state index in [4.69, 9.17) is 21.7 Å². The van der Waals surface area contributed by atoms with Gasteiger partial charge in [0, 0.05) is 11.1 Å². The van der Waals surface area contributed by atoms with E-state index in [2.05, 4.69) is 5.32 Å². The average molecular weight is 493 g/mol. The molecule has 0 bridgehead atoms. The first-order chi connectivity index (χ1) is 16.1. The van der Waals surface area contributed by atoms with E-state index in [0.717, 1.165) is 22.9 Å². The molecule has 0 spiro atoms. The standard InChI is InChI=1S/C25H20N2O5S2/c1-12-11-25(2,3)27-19-16(12)9-15(32-23(30)13-5-7-14(31-4)8-6-13)10-17(19)18(22(27)29)20-21(28)26-24(33)34-20/h5-11H,1-4H3,(H,26,28,33). The Balaban J connectivity index is 1.65. The Labute approximate surface area is 205 Å². The molecule has 0 saturated carbocycles. The SMILES string of the molecule is COc1ccc(C(=O)Oc2cc3c4c(c2)C(=C2SC(=S)NC2=O)C(=O)N4C(C)(C)C=C3C)cc1. The van der Waals surface area contributed by atoms with Crippen LogP contribution in [-0.2, 0) is 9.59 Å². The number of benzene rings is 2. The third-order valence-electron chi connectivity index (χ3n) is 5.94. The fourth-order valence-corrected chi connectivity index (χ4v) is 5.66. The highest BCUT2D eigenvalue weighted by Crippen LogP contribution is 2.52. The second-order valence-corrected chi connectivity index (χ2v) is 10.3. The van der Waals surface area contributed by atoms with E-state index in [1.54, 1.807) is 48.4 Å². The summed E-state index contributed by atoms with van der Waals surface area (Å²) in [5.41, 5.74) is 2.97. The first-order valence-electron chi connectivity index (χ1n) is 10.5. The molecule has 2 aromatic rings. The molecule has 3 aliphatic heterocycles. The maximum atomic E-state index is 13.6. The van der Waals surface area contributed by atoms with Gasteiger partial charge in [-0.15, -0.1) is 0 Å². The molecular formula is C25H20N2O5S2. The second-order valence-electron chi connectivity index (χ2n) is 8.65. The molecule has 1 N–H and O–H groups in total. The Morgan fingerprint density at radius 1 is 1.09 bits per heavy atom. The van der Waals surface area contributed by atoms with Crippen molar-refractivity contribution in [2.45, 2.75) is 26.3 Å². The normalized spacial score (nSPS) is 20.2. The summed E-state index contributed by atoms with van der Waals surface area (Å²) in [6.45, 7) is 5.84. The second kappa shape index (κ2) is 7.82. The van der Waals surface area contributed by atoms with Crippen LogP contribution in [0.1, 0.15) is 42.3 Å². The Kier molecular flexibility index (Phi) is 5.14. The van der Waals surface area contributed by atoms with E-state index in [0.29, 0.717) is 26.9 Å². The van der Waals surface area contributed by atoms with Gasteiger partial charge in [0.05, 0.1) is 34.4 Å². The zero-order chi connectivity index (χ0) is 24.4. The van der Waals surface area contributed by atoms with E-state index in [-0.39, 0.29) is 22.1 Å². The number of anilines is 1. The molecule has 172 valence electrons. The molecule has 3 heterocycles. The minimum absolute atomic E-state index is 0.249. The fourth-order valence-electron chi connectivity index (χ4n) is 4.54. The summed E-state index contributed by atoms with van der Waals surface area (Å²) in [5, 5.41) is 2.58. The van der Waals surface area contributed by atoms with Crippen molar-refractivity contribution < 1.29 is 23.9 Å². The van der Waals surface area contributed by atoms with Crippen LogP contribution >= 0.6 is 24.0 Å². The van der Waals surface area contributed by atoms with Gasteiger partial charge < -0.3 is 14.8 Å². The molecule has 0 atom stereocenters. The van der Waals surface area contributed by atoms with E-state index in [9.17, 15) is 14.4 Å². The van der Waals surface area contributed by atoms with Crippen LogP contribution in [0.2, 0.25) is 0 Å². The quantitative estimate of drug-likeness (QED) is 0.296. The Bertz CT molecular complexity index is 1370. The largest absolute Gasteiger partial charge is 0.497 e. The molecule has 7 nitrogen and oxygen atoms in total. The Morgan fingerprint density at radius 2 is 1.76 bits per heavy atom. The van der Waals surface area contributed by atoms with Crippen molar-refractivity contribution in [2.75, 3.05) is 12.0 Å². The van der Waals surface area contributed by atoms with Crippen LogP contribution in [-0.4, -0.2) is 34.8 Å².